The molecular formula is C20H25ClN4O2. The van der Waals surface area contributed by atoms with Crippen LogP contribution in [0.25, 0.3) is 0 Å². The highest BCUT2D eigenvalue weighted by atomic mass is 35.5. The van der Waals surface area contributed by atoms with Crippen LogP contribution in [0, 0.1) is 6.92 Å². The Balaban J connectivity index is 1.94. The number of nitrogens with zero attached hydrogens (tertiary/aromatic N) is 3. The van der Waals surface area contributed by atoms with Crippen molar-refractivity contribution in [2.24, 2.45) is 0 Å². The Labute approximate surface area is 164 Å². The molecular weight excluding hydrogens is 364 g/mol. The van der Waals surface area contributed by atoms with Crippen LogP contribution < -0.4 is 5.32 Å². The van der Waals surface area contributed by atoms with Crippen LogP contribution in [0.15, 0.2) is 18.2 Å². The van der Waals surface area contributed by atoms with E-state index in [0.29, 0.717) is 41.9 Å². The minimum atomic E-state index is -0.306. The summed E-state index contributed by atoms with van der Waals surface area (Å²) in [5.74, 6) is -0.0692. The summed E-state index contributed by atoms with van der Waals surface area (Å²) in [5, 5.41) is 3.46. The minimum Gasteiger partial charge on any atom is -0.337 e. The highest BCUT2D eigenvalue weighted by Crippen LogP contribution is 2.24. The van der Waals surface area contributed by atoms with Gasteiger partial charge in [-0.25, -0.2) is 4.98 Å². The molecule has 3 rings (SSSR count). The topological polar surface area (TPSA) is 67.2 Å². The van der Waals surface area contributed by atoms with E-state index in [1.54, 1.807) is 11.0 Å². The fraction of sp³-hybridized carbons (Fsp3) is 0.450. The number of carbonyl (C=O) groups excluding carboxylic acids is 2. The summed E-state index contributed by atoms with van der Waals surface area (Å²) in [6.45, 7) is 7.73. The molecule has 2 aromatic rings. The maximum atomic E-state index is 12.9. The van der Waals surface area contributed by atoms with Gasteiger partial charge < -0.3 is 14.8 Å². The molecule has 6 nitrogen and oxygen atoms in total. The van der Waals surface area contributed by atoms with E-state index in [0.717, 1.165) is 30.5 Å². The van der Waals surface area contributed by atoms with Gasteiger partial charge in [-0.15, -0.1) is 0 Å². The van der Waals surface area contributed by atoms with Gasteiger partial charge in [-0.05, 0) is 57.7 Å². The molecule has 0 bridgehead atoms. The lowest BCUT2D eigenvalue weighted by Gasteiger charge is -2.21. The number of benzene rings is 1. The minimum absolute atomic E-state index is 0.124. The highest BCUT2D eigenvalue weighted by Gasteiger charge is 2.29. The van der Waals surface area contributed by atoms with Crippen LogP contribution in [-0.2, 0) is 13.0 Å². The third-order valence-corrected chi connectivity index (χ3v) is 5.41. The molecule has 27 heavy (non-hydrogen) atoms. The number of halogens is 1. The van der Waals surface area contributed by atoms with Gasteiger partial charge in [-0.3, -0.25) is 9.59 Å². The summed E-state index contributed by atoms with van der Waals surface area (Å²) < 4.78 is 1.92. The van der Waals surface area contributed by atoms with E-state index in [2.05, 4.69) is 10.3 Å². The Kier molecular flexibility index (Phi) is 5.85. The number of nitrogens with one attached hydrogen (secondary N) is 1. The molecule has 0 aliphatic carbocycles. The number of fused-ring (bicyclic) bond motifs is 1. The average molecular weight is 389 g/mol. The summed E-state index contributed by atoms with van der Waals surface area (Å²) in [6, 6.07) is 5.39. The summed E-state index contributed by atoms with van der Waals surface area (Å²) in [4.78, 5) is 31.9. The summed E-state index contributed by atoms with van der Waals surface area (Å²) in [5.41, 5.74) is 2.74. The Morgan fingerprint density at radius 3 is 2.67 bits per heavy atom. The normalized spacial score (nSPS) is 13.2. The van der Waals surface area contributed by atoms with Crippen LogP contribution in [0.5, 0.6) is 0 Å². The molecule has 0 atom stereocenters. The molecule has 7 heteroatoms. The monoisotopic (exact) mass is 388 g/mol. The van der Waals surface area contributed by atoms with Gasteiger partial charge in [-0.2, -0.15) is 0 Å². The van der Waals surface area contributed by atoms with Gasteiger partial charge in [0.05, 0.1) is 5.69 Å². The molecule has 1 aromatic carbocycles. The maximum Gasteiger partial charge on any atom is 0.289 e. The fourth-order valence-electron chi connectivity index (χ4n) is 3.40. The van der Waals surface area contributed by atoms with Crippen molar-refractivity contribution in [2.45, 2.75) is 46.6 Å². The number of aryl methyl sites for hydroxylation is 1. The van der Waals surface area contributed by atoms with Gasteiger partial charge in [-0.1, -0.05) is 17.7 Å². The van der Waals surface area contributed by atoms with E-state index in [9.17, 15) is 9.59 Å². The number of anilines is 1. The second kappa shape index (κ2) is 8.13. The lowest BCUT2D eigenvalue weighted by atomic mass is 10.1. The predicted molar refractivity (Wildman–Crippen MR) is 107 cm³/mol. The van der Waals surface area contributed by atoms with Gasteiger partial charge in [0.15, 0.2) is 11.5 Å². The van der Waals surface area contributed by atoms with Gasteiger partial charge >= 0.3 is 0 Å². The Morgan fingerprint density at radius 1 is 1.26 bits per heavy atom. The molecule has 2 amide bonds. The van der Waals surface area contributed by atoms with E-state index in [1.165, 1.54) is 0 Å². The first-order valence-corrected chi connectivity index (χ1v) is 9.80. The van der Waals surface area contributed by atoms with E-state index in [1.807, 2.05) is 37.5 Å². The SMILES string of the molecule is CCN(CC)C(=O)c1nc(C(=O)Nc2ccc(C)c(Cl)c2)c2n1CCCC2. The zero-order valence-electron chi connectivity index (χ0n) is 16.0. The third kappa shape index (κ3) is 3.86. The molecule has 0 unspecified atom stereocenters. The maximum absolute atomic E-state index is 12.9. The molecule has 0 fully saturated rings. The lowest BCUT2D eigenvalue weighted by molar-refractivity contribution is 0.0754. The number of rotatable bonds is 5. The first kappa shape index (κ1) is 19.4. The molecule has 1 aliphatic heterocycles. The largest absolute Gasteiger partial charge is 0.337 e. The van der Waals surface area contributed by atoms with Crippen molar-refractivity contribution >= 4 is 29.1 Å². The quantitative estimate of drug-likeness (QED) is 0.844. The van der Waals surface area contributed by atoms with Crippen molar-refractivity contribution in [2.75, 3.05) is 18.4 Å². The Hall–Kier alpha value is -2.34. The number of imidazole rings is 1. The standard InChI is InChI=1S/C20H25ClN4O2/c1-4-24(5-2)20(27)18-23-17(16-8-6-7-11-25(16)18)19(26)22-14-10-9-13(3)15(21)12-14/h9-10,12H,4-8,11H2,1-3H3,(H,22,26). The number of hydrogen-bond donors (Lipinski definition) is 1. The van der Waals surface area contributed by atoms with Crippen LogP contribution in [0.2, 0.25) is 5.02 Å². The molecule has 1 aliphatic rings. The second-order valence-electron chi connectivity index (χ2n) is 6.73. The predicted octanol–water partition coefficient (Wildman–Crippen LogP) is 3.92. The zero-order chi connectivity index (χ0) is 19.6. The smallest absolute Gasteiger partial charge is 0.289 e. The van der Waals surface area contributed by atoms with Crippen molar-refractivity contribution in [1.29, 1.82) is 0 Å². The molecule has 1 N–H and O–H groups in total. The van der Waals surface area contributed by atoms with Gasteiger partial charge in [0.25, 0.3) is 11.8 Å². The van der Waals surface area contributed by atoms with Gasteiger partial charge in [0, 0.05) is 30.3 Å². The summed E-state index contributed by atoms with van der Waals surface area (Å²) in [7, 11) is 0. The number of carbonyl (C=O) groups is 2. The van der Waals surface area contributed by atoms with Crippen molar-refractivity contribution in [1.82, 2.24) is 14.5 Å². The van der Waals surface area contributed by atoms with E-state index in [-0.39, 0.29) is 11.8 Å². The van der Waals surface area contributed by atoms with Crippen LogP contribution in [0.1, 0.15) is 59.1 Å². The highest BCUT2D eigenvalue weighted by molar-refractivity contribution is 6.31. The summed E-state index contributed by atoms with van der Waals surface area (Å²) in [6.07, 6.45) is 2.72. The second-order valence-corrected chi connectivity index (χ2v) is 7.14. The fourth-order valence-corrected chi connectivity index (χ4v) is 3.58. The molecule has 0 saturated carbocycles. The number of hydrogen-bond acceptors (Lipinski definition) is 3. The van der Waals surface area contributed by atoms with Crippen molar-refractivity contribution in [3.63, 3.8) is 0 Å². The van der Waals surface area contributed by atoms with Crippen molar-refractivity contribution in [3.8, 4) is 0 Å². The molecule has 0 spiro atoms. The zero-order valence-corrected chi connectivity index (χ0v) is 16.8. The molecule has 1 aromatic heterocycles. The van der Waals surface area contributed by atoms with E-state index in [4.69, 9.17) is 11.6 Å². The molecule has 0 saturated heterocycles. The lowest BCUT2D eigenvalue weighted by Crippen LogP contribution is -2.33. The van der Waals surface area contributed by atoms with Crippen LogP contribution in [0.4, 0.5) is 5.69 Å². The van der Waals surface area contributed by atoms with Crippen molar-refractivity contribution in [3.05, 3.63) is 46.0 Å². The third-order valence-electron chi connectivity index (χ3n) is 5.00. The van der Waals surface area contributed by atoms with Gasteiger partial charge in [0.1, 0.15) is 0 Å². The number of amides is 2. The Bertz CT molecular complexity index is 871. The van der Waals surface area contributed by atoms with Gasteiger partial charge in [0.2, 0.25) is 0 Å². The van der Waals surface area contributed by atoms with E-state index >= 15 is 0 Å². The van der Waals surface area contributed by atoms with E-state index < -0.39 is 0 Å². The molecule has 144 valence electrons. The average Bonchev–Trinajstić information content (AvgIpc) is 3.05. The first-order valence-electron chi connectivity index (χ1n) is 9.42. The Morgan fingerprint density at radius 2 is 2.00 bits per heavy atom. The molecule has 2 heterocycles. The van der Waals surface area contributed by atoms with Crippen LogP contribution in [-0.4, -0.2) is 39.4 Å². The van der Waals surface area contributed by atoms with Crippen molar-refractivity contribution < 1.29 is 9.59 Å². The number of aromatic nitrogens is 2. The summed E-state index contributed by atoms with van der Waals surface area (Å²) >= 11 is 6.15. The molecule has 0 radical (unpaired) electrons. The first-order chi connectivity index (χ1) is 13.0. The van der Waals surface area contributed by atoms with Crippen LogP contribution >= 0.6 is 11.6 Å². The van der Waals surface area contributed by atoms with Crippen LogP contribution in [0.3, 0.4) is 0 Å².